The summed E-state index contributed by atoms with van der Waals surface area (Å²) in [6.45, 7) is 5.35. The summed E-state index contributed by atoms with van der Waals surface area (Å²) in [4.78, 5) is 2.41. The number of anilines is 1. The molecular weight excluding hydrogens is 330 g/mol. The highest BCUT2D eigenvalue weighted by molar-refractivity contribution is 7.96. The second kappa shape index (κ2) is 9.82. The Kier molecular flexibility index (Phi) is 7.18. The molecule has 1 saturated heterocycles. The van der Waals surface area contributed by atoms with Crippen molar-refractivity contribution >= 4 is 17.6 Å². The number of nitrogens with zero attached hydrogens (tertiary/aromatic N) is 1. The first kappa shape index (κ1) is 18.3. The SMILES string of the molecule is CSNCc1ccc(CNCC2CN(c3ccccc3)CCO2)cc1. The molecule has 1 fully saturated rings. The van der Waals surface area contributed by atoms with Crippen LogP contribution in [0.2, 0.25) is 0 Å². The van der Waals surface area contributed by atoms with Crippen molar-refractivity contribution in [2.75, 3.05) is 37.4 Å². The molecule has 2 aromatic rings. The van der Waals surface area contributed by atoms with Crippen LogP contribution >= 0.6 is 11.9 Å². The monoisotopic (exact) mass is 357 g/mol. The van der Waals surface area contributed by atoms with Crippen molar-refractivity contribution in [3.05, 3.63) is 65.7 Å². The summed E-state index contributed by atoms with van der Waals surface area (Å²) in [5.74, 6) is 0. The lowest BCUT2D eigenvalue weighted by Crippen LogP contribution is -2.46. The van der Waals surface area contributed by atoms with Crippen LogP contribution in [0.15, 0.2) is 54.6 Å². The van der Waals surface area contributed by atoms with E-state index in [2.05, 4.69) is 69.5 Å². The van der Waals surface area contributed by atoms with Crippen LogP contribution in [0.4, 0.5) is 5.69 Å². The molecule has 4 nitrogen and oxygen atoms in total. The highest BCUT2D eigenvalue weighted by Crippen LogP contribution is 2.16. The zero-order chi connectivity index (χ0) is 17.3. The lowest BCUT2D eigenvalue weighted by atomic mass is 10.1. The van der Waals surface area contributed by atoms with E-state index in [9.17, 15) is 0 Å². The largest absolute Gasteiger partial charge is 0.373 e. The highest BCUT2D eigenvalue weighted by Gasteiger charge is 2.20. The zero-order valence-electron chi connectivity index (χ0n) is 14.8. The van der Waals surface area contributed by atoms with Gasteiger partial charge in [0, 0.05) is 38.4 Å². The van der Waals surface area contributed by atoms with Crippen molar-refractivity contribution in [1.29, 1.82) is 0 Å². The lowest BCUT2D eigenvalue weighted by molar-refractivity contribution is 0.0407. The predicted molar refractivity (Wildman–Crippen MR) is 107 cm³/mol. The zero-order valence-corrected chi connectivity index (χ0v) is 15.6. The molecule has 25 heavy (non-hydrogen) atoms. The van der Waals surface area contributed by atoms with Crippen LogP contribution in [0, 0.1) is 0 Å². The highest BCUT2D eigenvalue weighted by atomic mass is 32.2. The number of benzene rings is 2. The summed E-state index contributed by atoms with van der Waals surface area (Å²) in [6, 6.07) is 19.4. The molecule has 0 aromatic heterocycles. The van der Waals surface area contributed by atoms with Gasteiger partial charge in [0.1, 0.15) is 0 Å². The van der Waals surface area contributed by atoms with E-state index in [1.165, 1.54) is 16.8 Å². The molecule has 0 radical (unpaired) electrons. The maximum absolute atomic E-state index is 5.92. The minimum absolute atomic E-state index is 0.235. The van der Waals surface area contributed by atoms with Crippen molar-refractivity contribution in [2.24, 2.45) is 0 Å². The van der Waals surface area contributed by atoms with Crippen LogP contribution < -0.4 is 14.9 Å². The van der Waals surface area contributed by atoms with Crippen LogP contribution in [-0.2, 0) is 17.8 Å². The average Bonchev–Trinajstić information content (AvgIpc) is 2.68. The molecular formula is C20H27N3OS. The van der Waals surface area contributed by atoms with Crippen molar-refractivity contribution < 1.29 is 4.74 Å². The van der Waals surface area contributed by atoms with Crippen molar-refractivity contribution in [3.8, 4) is 0 Å². The summed E-state index contributed by atoms with van der Waals surface area (Å²) < 4.78 is 9.18. The molecule has 1 atom stereocenters. The Morgan fingerprint density at radius 3 is 2.48 bits per heavy atom. The summed E-state index contributed by atoms with van der Waals surface area (Å²) in [6.07, 6.45) is 2.28. The third kappa shape index (κ3) is 5.75. The van der Waals surface area contributed by atoms with Crippen LogP contribution in [-0.4, -0.2) is 38.6 Å². The minimum atomic E-state index is 0.235. The first-order valence-corrected chi connectivity index (χ1v) is 10.0. The fraction of sp³-hybridized carbons (Fsp3) is 0.400. The van der Waals surface area contributed by atoms with E-state index in [4.69, 9.17) is 4.74 Å². The molecule has 1 aliphatic rings. The topological polar surface area (TPSA) is 36.5 Å². The molecule has 2 aromatic carbocycles. The average molecular weight is 358 g/mol. The van der Waals surface area contributed by atoms with E-state index in [0.717, 1.165) is 39.3 Å². The van der Waals surface area contributed by atoms with Gasteiger partial charge in [-0.05, 0) is 29.5 Å². The molecule has 2 N–H and O–H groups in total. The molecule has 0 spiro atoms. The van der Waals surface area contributed by atoms with E-state index in [1.54, 1.807) is 11.9 Å². The Morgan fingerprint density at radius 1 is 1.04 bits per heavy atom. The number of hydrogen-bond donors (Lipinski definition) is 2. The van der Waals surface area contributed by atoms with E-state index < -0.39 is 0 Å². The molecule has 5 heteroatoms. The normalized spacial score (nSPS) is 17.6. The van der Waals surface area contributed by atoms with Crippen molar-refractivity contribution in [1.82, 2.24) is 10.0 Å². The summed E-state index contributed by atoms with van der Waals surface area (Å²) in [5.41, 5.74) is 3.90. The maximum atomic E-state index is 5.92. The Bertz CT molecular complexity index is 621. The standard InChI is InChI=1S/C20H27N3OS/c1-25-22-14-18-9-7-17(8-10-18)13-21-15-20-16-23(11-12-24-20)19-5-3-2-4-6-19/h2-10,20-22H,11-16H2,1H3. The molecule has 0 bridgehead atoms. The fourth-order valence-corrected chi connectivity index (χ4v) is 3.34. The van der Waals surface area contributed by atoms with Gasteiger partial charge in [0.05, 0.1) is 12.7 Å². The second-order valence-corrected chi connectivity index (χ2v) is 6.94. The van der Waals surface area contributed by atoms with Gasteiger partial charge in [0.15, 0.2) is 0 Å². The third-order valence-electron chi connectivity index (χ3n) is 4.40. The molecule has 3 rings (SSSR count). The Labute approximate surface area is 155 Å². The van der Waals surface area contributed by atoms with Gasteiger partial charge in [0.2, 0.25) is 0 Å². The van der Waals surface area contributed by atoms with E-state index in [0.29, 0.717) is 0 Å². The second-order valence-electron chi connectivity index (χ2n) is 6.25. The van der Waals surface area contributed by atoms with Gasteiger partial charge < -0.3 is 15.0 Å². The number of hydrogen-bond acceptors (Lipinski definition) is 5. The van der Waals surface area contributed by atoms with Crippen LogP contribution in [0.3, 0.4) is 0 Å². The molecule has 1 unspecified atom stereocenters. The molecule has 1 aliphatic heterocycles. The van der Waals surface area contributed by atoms with E-state index in [1.807, 2.05) is 6.26 Å². The summed E-state index contributed by atoms with van der Waals surface area (Å²) in [7, 11) is 0. The number of rotatable bonds is 8. The Morgan fingerprint density at radius 2 is 1.76 bits per heavy atom. The van der Waals surface area contributed by atoms with E-state index in [-0.39, 0.29) is 6.10 Å². The third-order valence-corrected chi connectivity index (χ3v) is 4.84. The smallest absolute Gasteiger partial charge is 0.0874 e. The predicted octanol–water partition coefficient (Wildman–Crippen LogP) is 3.05. The number of morpholine rings is 1. The van der Waals surface area contributed by atoms with Crippen LogP contribution in [0.25, 0.3) is 0 Å². The van der Waals surface area contributed by atoms with Gasteiger partial charge in [-0.25, -0.2) is 0 Å². The van der Waals surface area contributed by atoms with Gasteiger partial charge in [-0.15, -0.1) is 0 Å². The van der Waals surface area contributed by atoms with Gasteiger partial charge in [-0.3, -0.25) is 4.72 Å². The number of nitrogens with one attached hydrogen (secondary N) is 2. The quantitative estimate of drug-likeness (QED) is 0.710. The van der Waals surface area contributed by atoms with Gasteiger partial charge in [0.25, 0.3) is 0 Å². The summed E-state index contributed by atoms with van der Waals surface area (Å²) in [5, 5.41) is 3.53. The first-order valence-electron chi connectivity index (χ1n) is 8.81. The fourth-order valence-electron chi connectivity index (χ4n) is 3.02. The number of ether oxygens (including phenoxy) is 1. The Balaban J connectivity index is 1.42. The lowest BCUT2D eigenvalue weighted by Gasteiger charge is -2.34. The molecule has 1 heterocycles. The van der Waals surface area contributed by atoms with Gasteiger partial charge in [-0.2, -0.15) is 0 Å². The first-order chi connectivity index (χ1) is 12.3. The van der Waals surface area contributed by atoms with Crippen LogP contribution in [0.1, 0.15) is 11.1 Å². The molecule has 0 aliphatic carbocycles. The van der Waals surface area contributed by atoms with E-state index >= 15 is 0 Å². The van der Waals surface area contributed by atoms with Gasteiger partial charge >= 0.3 is 0 Å². The molecule has 134 valence electrons. The minimum Gasteiger partial charge on any atom is -0.373 e. The molecule has 0 amide bonds. The van der Waals surface area contributed by atoms with Gasteiger partial charge in [-0.1, -0.05) is 54.4 Å². The maximum Gasteiger partial charge on any atom is 0.0874 e. The summed E-state index contributed by atoms with van der Waals surface area (Å²) >= 11 is 1.65. The van der Waals surface area contributed by atoms with Crippen molar-refractivity contribution in [3.63, 3.8) is 0 Å². The Hall–Kier alpha value is -1.53. The van der Waals surface area contributed by atoms with Crippen LogP contribution in [0.5, 0.6) is 0 Å². The van der Waals surface area contributed by atoms with Crippen molar-refractivity contribution in [2.45, 2.75) is 19.2 Å². The number of para-hydroxylation sites is 1. The molecule has 0 saturated carbocycles.